The van der Waals surface area contributed by atoms with Crippen LogP contribution in [0.5, 0.6) is 5.75 Å². The van der Waals surface area contributed by atoms with Crippen LogP contribution in [-0.2, 0) is 0 Å². The molecule has 0 radical (unpaired) electrons. The summed E-state index contributed by atoms with van der Waals surface area (Å²) in [5.74, 6) is -1.15. The number of nitrogens with one attached hydrogen (secondary N) is 1. The van der Waals surface area contributed by atoms with Crippen molar-refractivity contribution in [3.8, 4) is 11.4 Å². The van der Waals surface area contributed by atoms with E-state index in [1.165, 1.54) is 29.1 Å². The SMILES string of the molecule is CCC(O)CCNC(=O)c1nn(-c2ccc(F)cc2C)cc1O. The van der Waals surface area contributed by atoms with Crippen LogP contribution in [0.3, 0.4) is 0 Å². The van der Waals surface area contributed by atoms with E-state index in [0.717, 1.165) is 0 Å². The lowest BCUT2D eigenvalue weighted by Gasteiger charge is -2.08. The van der Waals surface area contributed by atoms with Crippen LogP contribution in [0.2, 0.25) is 0 Å². The number of aryl methyl sites for hydroxylation is 1. The highest BCUT2D eigenvalue weighted by Crippen LogP contribution is 2.20. The second-order valence-corrected chi connectivity index (χ2v) is 5.34. The maximum absolute atomic E-state index is 13.1. The van der Waals surface area contributed by atoms with Crippen LogP contribution in [0.4, 0.5) is 4.39 Å². The minimum absolute atomic E-state index is 0.111. The predicted octanol–water partition coefficient (Wildman–Crippen LogP) is 1.92. The van der Waals surface area contributed by atoms with E-state index in [9.17, 15) is 19.4 Å². The Morgan fingerprint density at radius 2 is 2.22 bits per heavy atom. The summed E-state index contributed by atoms with van der Waals surface area (Å²) in [5, 5.41) is 26.0. The molecule has 3 N–H and O–H groups in total. The fraction of sp³-hybridized carbons (Fsp3) is 0.375. The van der Waals surface area contributed by atoms with Crippen LogP contribution in [0.25, 0.3) is 5.69 Å². The summed E-state index contributed by atoms with van der Waals surface area (Å²) in [6.07, 6.45) is 1.87. The van der Waals surface area contributed by atoms with Gasteiger partial charge in [-0.25, -0.2) is 9.07 Å². The number of aliphatic hydroxyl groups is 1. The van der Waals surface area contributed by atoms with Crippen molar-refractivity contribution in [2.45, 2.75) is 32.8 Å². The fourth-order valence-corrected chi connectivity index (χ4v) is 2.17. The Hall–Kier alpha value is -2.41. The zero-order valence-corrected chi connectivity index (χ0v) is 13.1. The normalized spacial score (nSPS) is 12.2. The van der Waals surface area contributed by atoms with Gasteiger partial charge in [0.2, 0.25) is 0 Å². The molecule has 1 unspecified atom stereocenters. The van der Waals surface area contributed by atoms with Crippen LogP contribution in [0.15, 0.2) is 24.4 Å². The van der Waals surface area contributed by atoms with Crippen molar-refractivity contribution >= 4 is 5.91 Å². The third-order valence-electron chi connectivity index (χ3n) is 3.55. The molecular weight excluding hydrogens is 301 g/mol. The largest absolute Gasteiger partial charge is 0.504 e. The van der Waals surface area contributed by atoms with Gasteiger partial charge in [0.25, 0.3) is 5.91 Å². The smallest absolute Gasteiger partial charge is 0.275 e. The fourth-order valence-electron chi connectivity index (χ4n) is 2.17. The molecule has 23 heavy (non-hydrogen) atoms. The van der Waals surface area contributed by atoms with Crippen molar-refractivity contribution in [3.63, 3.8) is 0 Å². The Bertz CT molecular complexity index is 700. The molecule has 0 bridgehead atoms. The molecule has 2 rings (SSSR count). The van der Waals surface area contributed by atoms with Gasteiger partial charge in [-0.05, 0) is 43.5 Å². The first-order valence-corrected chi connectivity index (χ1v) is 7.43. The molecule has 1 amide bonds. The van der Waals surface area contributed by atoms with Gasteiger partial charge < -0.3 is 15.5 Å². The van der Waals surface area contributed by atoms with Gasteiger partial charge in [0.1, 0.15) is 5.82 Å². The number of carbonyl (C=O) groups excluding carboxylic acids is 1. The molecule has 0 fully saturated rings. The van der Waals surface area contributed by atoms with E-state index in [1.807, 2.05) is 6.92 Å². The molecule has 1 aromatic carbocycles. The zero-order chi connectivity index (χ0) is 17.0. The van der Waals surface area contributed by atoms with Gasteiger partial charge in [0.05, 0.1) is 18.0 Å². The molecule has 2 aromatic rings. The molecule has 0 aliphatic carbocycles. The van der Waals surface area contributed by atoms with Gasteiger partial charge in [-0.1, -0.05) is 6.92 Å². The monoisotopic (exact) mass is 321 g/mol. The van der Waals surface area contributed by atoms with E-state index in [4.69, 9.17) is 0 Å². The molecule has 124 valence electrons. The first kappa shape index (κ1) is 17.0. The maximum atomic E-state index is 13.1. The van der Waals surface area contributed by atoms with Crippen LogP contribution in [0.1, 0.15) is 35.8 Å². The van der Waals surface area contributed by atoms with Gasteiger partial charge in [0, 0.05) is 6.54 Å². The Kier molecular flexibility index (Phi) is 5.33. The molecule has 1 heterocycles. The summed E-state index contributed by atoms with van der Waals surface area (Å²) in [6, 6.07) is 4.16. The highest BCUT2D eigenvalue weighted by atomic mass is 19.1. The summed E-state index contributed by atoms with van der Waals surface area (Å²) >= 11 is 0. The number of benzene rings is 1. The molecule has 1 aromatic heterocycles. The van der Waals surface area contributed by atoms with Crippen molar-refractivity contribution in [1.82, 2.24) is 15.1 Å². The van der Waals surface area contributed by atoms with E-state index < -0.39 is 12.0 Å². The first-order valence-electron chi connectivity index (χ1n) is 7.43. The molecule has 0 spiro atoms. The maximum Gasteiger partial charge on any atom is 0.275 e. The average molecular weight is 321 g/mol. The summed E-state index contributed by atoms with van der Waals surface area (Å²) in [7, 11) is 0. The second-order valence-electron chi connectivity index (χ2n) is 5.34. The van der Waals surface area contributed by atoms with E-state index >= 15 is 0 Å². The van der Waals surface area contributed by atoms with E-state index in [2.05, 4.69) is 10.4 Å². The molecule has 0 aliphatic rings. The number of amides is 1. The molecular formula is C16H20FN3O3. The summed E-state index contributed by atoms with van der Waals surface area (Å²) in [5.41, 5.74) is 1.09. The number of halogens is 1. The highest BCUT2D eigenvalue weighted by molar-refractivity contribution is 5.94. The molecule has 0 saturated heterocycles. The van der Waals surface area contributed by atoms with Gasteiger partial charge in [0.15, 0.2) is 11.4 Å². The summed E-state index contributed by atoms with van der Waals surface area (Å²) < 4.78 is 14.5. The first-order chi connectivity index (χ1) is 10.9. The lowest BCUT2D eigenvalue weighted by molar-refractivity contribution is 0.0934. The number of hydrogen-bond donors (Lipinski definition) is 3. The van der Waals surface area contributed by atoms with Gasteiger partial charge in [-0.15, -0.1) is 0 Å². The number of carbonyl (C=O) groups is 1. The van der Waals surface area contributed by atoms with Crippen molar-refractivity contribution in [2.24, 2.45) is 0 Å². The van der Waals surface area contributed by atoms with Crippen LogP contribution in [0, 0.1) is 12.7 Å². The molecule has 6 nitrogen and oxygen atoms in total. The van der Waals surface area contributed by atoms with Crippen molar-refractivity contribution < 1.29 is 19.4 Å². The van der Waals surface area contributed by atoms with E-state index in [1.54, 1.807) is 6.92 Å². The average Bonchev–Trinajstić information content (AvgIpc) is 2.88. The van der Waals surface area contributed by atoms with Crippen molar-refractivity contribution in [2.75, 3.05) is 6.54 Å². The number of aromatic nitrogens is 2. The van der Waals surface area contributed by atoms with Gasteiger partial charge in [-0.3, -0.25) is 4.79 Å². The highest BCUT2D eigenvalue weighted by Gasteiger charge is 2.17. The Balaban J connectivity index is 2.13. The third kappa shape index (κ3) is 4.07. The topological polar surface area (TPSA) is 87.4 Å². The van der Waals surface area contributed by atoms with Crippen LogP contribution in [-0.4, -0.2) is 38.5 Å². The zero-order valence-electron chi connectivity index (χ0n) is 13.1. The molecule has 1 atom stereocenters. The number of hydrogen-bond acceptors (Lipinski definition) is 4. The number of aliphatic hydroxyl groups excluding tert-OH is 1. The quantitative estimate of drug-likeness (QED) is 0.758. The van der Waals surface area contributed by atoms with Crippen molar-refractivity contribution in [1.29, 1.82) is 0 Å². The standard InChI is InChI=1S/C16H20FN3O3/c1-3-12(21)6-7-18-16(23)15-14(22)9-20(19-15)13-5-4-11(17)8-10(13)2/h4-5,8-9,12,21-22H,3,6-7H2,1-2H3,(H,18,23). The Morgan fingerprint density at radius 3 is 2.87 bits per heavy atom. The number of aromatic hydroxyl groups is 1. The molecule has 0 aliphatic heterocycles. The lowest BCUT2D eigenvalue weighted by atomic mass is 10.2. The van der Waals surface area contributed by atoms with Crippen molar-refractivity contribution in [3.05, 3.63) is 41.5 Å². The Morgan fingerprint density at radius 1 is 1.48 bits per heavy atom. The minimum Gasteiger partial charge on any atom is -0.504 e. The van der Waals surface area contributed by atoms with Gasteiger partial charge >= 0.3 is 0 Å². The summed E-state index contributed by atoms with van der Waals surface area (Å²) in [4.78, 5) is 12.0. The molecule has 7 heteroatoms. The van der Waals surface area contributed by atoms with Crippen LogP contribution < -0.4 is 5.32 Å². The minimum atomic E-state index is -0.524. The number of rotatable bonds is 6. The van der Waals surface area contributed by atoms with E-state index in [-0.39, 0.29) is 23.8 Å². The van der Waals surface area contributed by atoms with E-state index in [0.29, 0.717) is 24.1 Å². The molecule has 0 saturated carbocycles. The predicted molar refractivity (Wildman–Crippen MR) is 83.2 cm³/mol. The van der Waals surface area contributed by atoms with Crippen LogP contribution >= 0.6 is 0 Å². The Labute approximate surface area is 133 Å². The second kappa shape index (κ2) is 7.23. The number of nitrogens with zero attached hydrogens (tertiary/aromatic N) is 2. The lowest BCUT2D eigenvalue weighted by Crippen LogP contribution is -2.27. The van der Waals surface area contributed by atoms with Gasteiger partial charge in [-0.2, -0.15) is 5.10 Å². The third-order valence-corrected chi connectivity index (χ3v) is 3.55. The summed E-state index contributed by atoms with van der Waals surface area (Å²) in [6.45, 7) is 3.85.